The second-order valence-electron chi connectivity index (χ2n) is 6.43. The minimum atomic E-state index is -1.18. The monoisotopic (exact) mass is 404 g/mol. The molecule has 8 heteroatoms. The predicted octanol–water partition coefficient (Wildman–Crippen LogP) is 1.91. The molecule has 0 spiro atoms. The summed E-state index contributed by atoms with van der Waals surface area (Å²) in [7, 11) is 1.15. The van der Waals surface area contributed by atoms with Gasteiger partial charge in [-0.25, -0.2) is 13.6 Å². The molecule has 6 nitrogen and oxygen atoms in total. The molecule has 154 valence electrons. The van der Waals surface area contributed by atoms with E-state index in [0.29, 0.717) is 0 Å². The van der Waals surface area contributed by atoms with Crippen LogP contribution < -0.4 is 10.6 Å². The van der Waals surface area contributed by atoms with Gasteiger partial charge < -0.3 is 15.4 Å². The molecule has 0 aromatic heterocycles. The minimum Gasteiger partial charge on any atom is -0.467 e. The van der Waals surface area contributed by atoms with Gasteiger partial charge in [0.05, 0.1) is 7.11 Å². The molecule has 0 saturated carbocycles. The van der Waals surface area contributed by atoms with E-state index >= 15 is 0 Å². The molecular formula is C21H22F2N2O4. The van der Waals surface area contributed by atoms with E-state index in [1.807, 2.05) is 0 Å². The Bertz CT molecular complexity index is 888. The number of esters is 1. The number of amides is 2. The van der Waals surface area contributed by atoms with Crippen molar-refractivity contribution < 1.29 is 27.9 Å². The summed E-state index contributed by atoms with van der Waals surface area (Å²) >= 11 is 0. The van der Waals surface area contributed by atoms with Gasteiger partial charge in [0.15, 0.2) is 0 Å². The van der Waals surface area contributed by atoms with Crippen molar-refractivity contribution in [3.05, 3.63) is 71.3 Å². The average Bonchev–Trinajstić information content (AvgIpc) is 2.69. The first-order chi connectivity index (χ1) is 13.8. The van der Waals surface area contributed by atoms with E-state index in [1.54, 1.807) is 12.1 Å². The quantitative estimate of drug-likeness (QED) is 0.659. The summed E-state index contributed by atoms with van der Waals surface area (Å²) in [5, 5.41) is 4.92. The van der Waals surface area contributed by atoms with E-state index in [0.717, 1.165) is 7.11 Å². The predicted molar refractivity (Wildman–Crippen MR) is 102 cm³/mol. The van der Waals surface area contributed by atoms with Crippen LogP contribution in [0.1, 0.15) is 18.1 Å². The molecule has 0 heterocycles. The molecule has 0 aliphatic heterocycles. The number of halogens is 2. The summed E-state index contributed by atoms with van der Waals surface area (Å²) in [4.78, 5) is 36.4. The van der Waals surface area contributed by atoms with Crippen molar-refractivity contribution in [3.63, 3.8) is 0 Å². The van der Waals surface area contributed by atoms with Gasteiger partial charge in [0, 0.05) is 19.8 Å². The SMILES string of the molecule is COC(=O)[C@@H](Cc1ccccc1F)NC(=O)[C@H](Cc1ccccc1F)NC(C)=O. The second kappa shape index (κ2) is 10.3. The van der Waals surface area contributed by atoms with Crippen LogP contribution in [0.25, 0.3) is 0 Å². The topological polar surface area (TPSA) is 84.5 Å². The minimum absolute atomic E-state index is 0.119. The largest absolute Gasteiger partial charge is 0.467 e. The standard InChI is InChI=1S/C21H22F2N2O4/c1-13(26)24-18(11-14-7-3-5-9-16(14)22)20(27)25-19(21(28)29-2)12-15-8-4-6-10-17(15)23/h3-10,18-19H,11-12H2,1-2H3,(H,24,26)(H,25,27)/t18-,19+/m0/s1. The van der Waals surface area contributed by atoms with E-state index in [9.17, 15) is 23.2 Å². The van der Waals surface area contributed by atoms with Crippen LogP contribution >= 0.6 is 0 Å². The molecule has 2 atom stereocenters. The van der Waals surface area contributed by atoms with Crippen molar-refractivity contribution in [1.29, 1.82) is 0 Å². The molecule has 0 unspecified atom stereocenters. The van der Waals surface area contributed by atoms with Gasteiger partial charge in [-0.3, -0.25) is 9.59 Å². The Morgan fingerprint density at radius 1 is 0.862 bits per heavy atom. The van der Waals surface area contributed by atoms with Crippen molar-refractivity contribution in [2.24, 2.45) is 0 Å². The molecule has 2 N–H and O–H groups in total. The van der Waals surface area contributed by atoms with E-state index in [-0.39, 0.29) is 24.0 Å². The summed E-state index contributed by atoms with van der Waals surface area (Å²) in [5.41, 5.74) is 0.443. The lowest BCUT2D eigenvalue weighted by atomic mass is 10.0. The summed E-state index contributed by atoms with van der Waals surface area (Å²) in [5.74, 6) is -3.03. The zero-order valence-electron chi connectivity index (χ0n) is 16.1. The van der Waals surface area contributed by atoms with Crippen LogP contribution in [0, 0.1) is 11.6 Å². The number of carbonyl (C=O) groups is 3. The van der Waals surface area contributed by atoms with Gasteiger partial charge in [-0.1, -0.05) is 36.4 Å². The number of hydrogen-bond donors (Lipinski definition) is 2. The van der Waals surface area contributed by atoms with Gasteiger partial charge in [0.2, 0.25) is 11.8 Å². The Labute approximate surface area is 167 Å². The highest BCUT2D eigenvalue weighted by Gasteiger charge is 2.28. The number of rotatable bonds is 8. The van der Waals surface area contributed by atoms with Crippen molar-refractivity contribution in [1.82, 2.24) is 10.6 Å². The Hall–Kier alpha value is -3.29. The number of ether oxygens (including phenoxy) is 1. The lowest BCUT2D eigenvalue weighted by Crippen LogP contribution is -2.53. The van der Waals surface area contributed by atoms with E-state index in [1.165, 1.54) is 43.3 Å². The van der Waals surface area contributed by atoms with Gasteiger partial charge in [-0.05, 0) is 23.3 Å². The van der Waals surface area contributed by atoms with Gasteiger partial charge in [-0.15, -0.1) is 0 Å². The summed E-state index contributed by atoms with van der Waals surface area (Å²) in [6.07, 6.45) is -0.261. The third-order valence-electron chi connectivity index (χ3n) is 4.26. The Kier molecular flexibility index (Phi) is 7.82. The van der Waals surface area contributed by atoms with Gasteiger partial charge in [-0.2, -0.15) is 0 Å². The highest BCUT2D eigenvalue weighted by atomic mass is 19.1. The molecule has 29 heavy (non-hydrogen) atoms. The maximum absolute atomic E-state index is 14.0. The van der Waals surface area contributed by atoms with Crippen molar-refractivity contribution in [3.8, 4) is 0 Å². The first kappa shape index (κ1) is 22.0. The normalized spacial score (nSPS) is 12.6. The summed E-state index contributed by atoms with van der Waals surface area (Å²) in [6, 6.07) is 9.38. The Morgan fingerprint density at radius 3 is 1.79 bits per heavy atom. The van der Waals surface area contributed by atoms with Crippen LogP contribution in [0.3, 0.4) is 0 Å². The molecule has 0 radical (unpaired) electrons. The number of benzene rings is 2. The maximum Gasteiger partial charge on any atom is 0.328 e. The lowest BCUT2D eigenvalue weighted by molar-refractivity contribution is -0.145. The van der Waals surface area contributed by atoms with Crippen LogP contribution in [0.2, 0.25) is 0 Å². The molecule has 0 aliphatic carbocycles. The fraction of sp³-hybridized carbons (Fsp3) is 0.286. The maximum atomic E-state index is 14.0. The van der Waals surface area contributed by atoms with Gasteiger partial charge in [0.1, 0.15) is 23.7 Å². The molecule has 0 fully saturated rings. The van der Waals surface area contributed by atoms with Crippen LogP contribution in [-0.2, 0) is 32.0 Å². The number of carbonyl (C=O) groups excluding carboxylic acids is 3. The van der Waals surface area contributed by atoms with Crippen LogP contribution in [0.5, 0.6) is 0 Å². The third kappa shape index (κ3) is 6.38. The van der Waals surface area contributed by atoms with Crippen molar-refractivity contribution in [2.45, 2.75) is 31.8 Å². The smallest absolute Gasteiger partial charge is 0.328 e. The Morgan fingerprint density at radius 2 is 1.34 bits per heavy atom. The molecule has 2 amide bonds. The second-order valence-corrected chi connectivity index (χ2v) is 6.43. The molecule has 2 aromatic rings. The molecule has 2 rings (SSSR count). The lowest BCUT2D eigenvalue weighted by Gasteiger charge is -2.22. The van der Waals surface area contributed by atoms with Gasteiger partial charge in [0.25, 0.3) is 0 Å². The summed E-state index contributed by atoms with van der Waals surface area (Å²) in [6.45, 7) is 1.22. The van der Waals surface area contributed by atoms with E-state index in [2.05, 4.69) is 10.6 Å². The molecule has 0 bridgehead atoms. The fourth-order valence-corrected chi connectivity index (χ4v) is 2.83. The number of nitrogens with one attached hydrogen (secondary N) is 2. The van der Waals surface area contributed by atoms with Crippen molar-refractivity contribution in [2.75, 3.05) is 7.11 Å². The molecule has 0 saturated heterocycles. The van der Waals surface area contributed by atoms with Crippen molar-refractivity contribution >= 4 is 17.8 Å². The van der Waals surface area contributed by atoms with Crippen LogP contribution in [-0.4, -0.2) is 37.0 Å². The highest BCUT2D eigenvalue weighted by Crippen LogP contribution is 2.12. The van der Waals surface area contributed by atoms with E-state index < -0.39 is 41.5 Å². The molecule has 2 aromatic carbocycles. The average molecular weight is 404 g/mol. The van der Waals surface area contributed by atoms with Crippen LogP contribution in [0.4, 0.5) is 8.78 Å². The zero-order chi connectivity index (χ0) is 21.4. The number of methoxy groups -OCH3 is 1. The molecular weight excluding hydrogens is 382 g/mol. The first-order valence-corrected chi connectivity index (χ1v) is 8.94. The Balaban J connectivity index is 2.20. The first-order valence-electron chi connectivity index (χ1n) is 8.94. The highest BCUT2D eigenvalue weighted by molar-refractivity contribution is 5.90. The van der Waals surface area contributed by atoms with Gasteiger partial charge >= 0.3 is 5.97 Å². The van der Waals surface area contributed by atoms with E-state index in [4.69, 9.17) is 4.74 Å². The molecule has 0 aliphatic rings. The number of hydrogen-bond acceptors (Lipinski definition) is 4. The fourth-order valence-electron chi connectivity index (χ4n) is 2.83. The summed E-state index contributed by atoms with van der Waals surface area (Å²) < 4.78 is 32.6. The zero-order valence-corrected chi connectivity index (χ0v) is 16.1. The van der Waals surface area contributed by atoms with Crippen LogP contribution in [0.15, 0.2) is 48.5 Å². The third-order valence-corrected chi connectivity index (χ3v) is 4.26.